The normalized spacial score (nSPS) is 17.0. The average Bonchev–Trinajstić information content (AvgIpc) is 3.11. The van der Waals surface area contributed by atoms with Gasteiger partial charge in [0.2, 0.25) is 11.9 Å². The van der Waals surface area contributed by atoms with E-state index in [1.807, 2.05) is 24.4 Å². The molecule has 1 amide bonds. The van der Waals surface area contributed by atoms with Crippen LogP contribution in [0.2, 0.25) is 5.02 Å². The molecule has 1 saturated heterocycles. The first kappa shape index (κ1) is 17.0. The molecule has 0 radical (unpaired) electrons. The van der Waals surface area contributed by atoms with Crippen LogP contribution in [0, 0.1) is 0 Å². The van der Waals surface area contributed by atoms with Crippen LogP contribution in [0.15, 0.2) is 36.5 Å². The summed E-state index contributed by atoms with van der Waals surface area (Å²) < 4.78 is 5.37. The quantitative estimate of drug-likeness (QED) is 0.777. The van der Waals surface area contributed by atoms with E-state index in [-0.39, 0.29) is 5.91 Å². The van der Waals surface area contributed by atoms with Crippen LogP contribution in [0.4, 0.5) is 5.95 Å². The van der Waals surface area contributed by atoms with Crippen molar-refractivity contribution in [3.8, 4) is 0 Å². The highest BCUT2D eigenvalue weighted by Crippen LogP contribution is 2.23. The zero-order valence-electron chi connectivity index (χ0n) is 14.3. The van der Waals surface area contributed by atoms with Gasteiger partial charge in [-0.15, -0.1) is 0 Å². The molecule has 1 fully saturated rings. The minimum absolute atomic E-state index is 0.0594. The molecule has 2 aliphatic heterocycles. The second-order valence-electron chi connectivity index (χ2n) is 6.29. The van der Waals surface area contributed by atoms with Crippen molar-refractivity contribution < 1.29 is 9.53 Å². The number of aromatic nitrogens is 2. The molecular formula is C19H19ClN4O2. The van der Waals surface area contributed by atoms with E-state index < -0.39 is 0 Å². The summed E-state index contributed by atoms with van der Waals surface area (Å²) in [6.07, 6.45) is 5.14. The zero-order valence-corrected chi connectivity index (χ0v) is 15.0. The van der Waals surface area contributed by atoms with E-state index in [0.717, 1.165) is 29.9 Å². The lowest BCUT2D eigenvalue weighted by atomic mass is 10.2. The number of halogens is 1. The third-order valence-electron chi connectivity index (χ3n) is 4.56. The van der Waals surface area contributed by atoms with Crippen LogP contribution in [-0.2, 0) is 22.6 Å². The lowest BCUT2D eigenvalue weighted by molar-refractivity contribution is -0.126. The molecule has 0 spiro atoms. The molecule has 6 nitrogen and oxygen atoms in total. The summed E-state index contributed by atoms with van der Waals surface area (Å²) in [5, 5.41) is 0.627. The van der Waals surface area contributed by atoms with Gasteiger partial charge in [0.1, 0.15) is 0 Å². The highest BCUT2D eigenvalue weighted by molar-refractivity contribution is 6.32. The van der Waals surface area contributed by atoms with E-state index in [1.165, 1.54) is 0 Å². The van der Waals surface area contributed by atoms with Crippen LogP contribution in [-0.4, -0.2) is 47.1 Å². The summed E-state index contributed by atoms with van der Waals surface area (Å²) in [7, 11) is 0. The summed E-state index contributed by atoms with van der Waals surface area (Å²) in [5.41, 5.74) is 2.75. The monoisotopic (exact) mass is 370 g/mol. The number of benzene rings is 1. The molecule has 7 heteroatoms. The number of carbonyl (C=O) groups is 1. The molecule has 3 heterocycles. The summed E-state index contributed by atoms with van der Waals surface area (Å²) in [5.74, 6) is 0.656. The first-order chi connectivity index (χ1) is 12.7. The van der Waals surface area contributed by atoms with E-state index in [9.17, 15) is 4.79 Å². The Morgan fingerprint density at radius 1 is 1.19 bits per heavy atom. The van der Waals surface area contributed by atoms with Crippen molar-refractivity contribution in [2.45, 2.75) is 13.1 Å². The Bertz CT molecular complexity index is 849. The number of morpholine rings is 1. The van der Waals surface area contributed by atoms with Crippen LogP contribution in [0.5, 0.6) is 0 Å². The Hall–Kier alpha value is -2.44. The predicted octanol–water partition coefficient (Wildman–Crippen LogP) is 2.52. The third-order valence-corrected chi connectivity index (χ3v) is 4.90. The zero-order chi connectivity index (χ0) is 17.9. The fourth-order valence-electron chi connectivity index (χ4n) is 3.09. The Kier molecular flexibility index (Phi) is 4.86. The van der Waals surface area contributed by atoms with Gasteiger partial charge in [0.15, 0.2) is 0 Å². The number of fused-ring (bicyclic) bond motifs is 1. The van der Waals surface area contributed by atoms with Gasteiger partial charge in [-0.1, -0.05) is 29.8 Å². The standard InChI is InChI=1S/C19H19ClN4O2/c20-16-4-2-1-3-14(16)5-6-18(25)24-12-15-11-21-19(22-17(15)13-24)23-7-9-26-10-8-23/h1-6,11H,7-10,12-13H2. The van der Waals surface area contributed by atoms with Crippen molar-refractivity contribution in [2.24, 2.45) is 0 Å². The van der Waals surface area contributed by atoms with Crippen LogP contribution < -0.4 is 4.90 Å². The number of nitrogens with zero attached hydrogens (tertiary/aromatic N) is 4. The number of carbonyl (C=O) groups excluding carboxylic acids is 1. The smallest absolute Gasteiger partial charge is 0.247 e. The maximum Gasteiger partial charge on any atom is 0.247 e. The van der Waals surface area contributed by atoms with E-state index in [0.29, 0.717) is 37.3 Å². The molecule has 0 atom stereocenters. The van der Waals surface area contributed by atoms with Crippen molar-refractivity contribution in [1.82, 2.24) is 14.9 Å². The largest absolute Gasteiger partial charge is 0.378 e. The summed E-state index contributed by atoms with van der Waals surface area (Å²) in [6, 6.07) is 7.44. The second-order valence-corrected chi connectivity index (χ2v) is 6.70. The lowest BCUT2D eigenvalue weighted by Gasteiger charge is -2.26. The van der Waals surface area contributed by atoms with Gasteiger partial charge in [-0.25, -0.2) is 9.97 Å². The number of hydrogen-bond donors (Lipinski definition) is 0. The van der Waals surface area contributed by atoms with Crippen LogP contribution in [0.25, 0.3) is 6.08 Å². The van der Waals surface area contributed by atoms with Crippen molar-refractivity contribution in [1.29, 1.82) is 0 Å². The topological polar surface area (TPSA) is 58.6 Å². The van der Waals surface area contributed by atoms with Crippen molar-refractivity contribution in [3.05, 3.63) is 58.4 Å². The molecule has 1 aromatic carbocycles. The number of ether oxygens (including phenoxy) is 1. The highest BCUT2D eigenvalue weighted by atomic mass is 35.5. The summed E-state index contributed by atoms with van der Waals surface area (Å²) >= 11 is 6.12. The molecule has 0 bridgehead atoms. The molecule has 0 unspecified atom stereocenters. The lowest BCUT2D eigenvalue weighted by Crippen LogP contribution is -2.37. The van der Waals surface area contributed by atoms with Gasteiger partial charge in [0.25, 0.3) is 0 Å². The third kappa shape index (κ3) is 3.57. The maximum absolute atomic E-state index is 12.5. The SMILES string of the molecule is O=C(C=Cc1ccccc1Cl)N1Cc2cnc(N3CCOCC3)nc2C1. The van der Waals surface area contributed by atoms with E-state index in [2.05, 4.69) is 14.9 Å². The van der Waals surface area contributed by atoms with Crippen LogP contribution >= 0.6 is 11.6 Å². The molecule has 0 N–H and O–H groups in total. The predicted molar refractivity (Wildman–Crippen MR) is 99.8 cm³/mol. The number of anilines is 1. The molecule has 2 aliphatic rings. The van der Waals surface area contributed by atoms with Gasteiger partial charge in [0, 0.05) is 42.5 Å². The van der Waals surface area contributed by atoms with Crippen molar-refractivity contribution in [2.75, 3.05) is 31.2 Å². The fourth-order valence-corrected chi connectivity index (χ4v) is 3.29. The molecule has 4 rings (SSSR count). The fraction of sp³-hybridized carbons (Fsp3) is 0.316. The Morgan fingerprint density at radius 3 is 2.81 bits per heavy atom. The Labute approximate surface area is 157 Å². The first-order valence-corrected chi connectivity index (χ1v) is 8.97. The van der Waals surface area contributed by atoms with Crippen molar-refractivity contribution >= 4 is 29.5 Å². The number of hydrogen-bond acceptors (Lipinski definition) is 5. The maximum atomic E-state index is 12.5. The Balaban J connectivity index is 1.44. The molecule has 134 valence electrons. The van der Waals surface area contributed by atoms with Crippen LogP contribution in [0.1, 0.15) is 16.8 Å². The van der Waals surface area contributed by atoms with E-state index in [1.54, 1.807) is 23.1 Å². The van der Waals surface area contributed by atoms with E-state index >= 15 is 0 Å². The molecule has 0 aliphatic carbocycles. The average molecular weight is 371 g/mol. The summed E-state index contributed by atoms with van der Waals surface area (Å²) in [4.78, 5) is 25.5. The minimum atomic E-state index is -0.0594. The van der Waals surface area contributed by atoms with Crippen LogP contribution in [0.3, 0.4) is 0 Å². The summed E-state index contributed by atoms with van der Waals surface area (Å²) in [6.45, 7) is 4.01. The number of rotatable bonds is 3. The molecule has 1 aromatic heterocycles. The second kappa shape index (κ2) is 7.43. The van der Waals surface area contributed by atoms with Gasteiger partial charge >= 0.3 is 0 Å². The minimum Gasteiger partial charge on any atom is -0.378 e. The molecule has 0 saturated carbocycles. The van der Waals surface area contributed by atoms with Gasteiger partial charge in [-0.3, -0.25) is 4.79 Å². The Morgan fingerprint density at radius 2 is 2.00 bits per heavy atom. The van der Waals surface area contributed by atoms with Gasteiger partial charge < -0.3 is 14.5 Å². The van der Waals surface area contributed by atoms with Gasteiger partial charge in [-0.05, 0) is 17.7 Å². The molecule has 2 aromatic rings. The van der Waals surface area contributed by atoms with Gasteiger partial charge in [0.05, 0.1) is 25.5 Å². The number of amides is 1. The van der Waals surface area contributed by atoms with Gasteiger partial charge in [-0.2, -0.15) is 0 Å². The molecular weight excluding hydrogens is 352 g/mol. The van der Waals surface area contributed by atoms with E-state index in [4.69, 9.17) is 16.3 Å². The highest BCUT2D eigenvalue weighted by Gasteiger charge is 2.25. The first-order valence-electron chi connectivity index (χ1n) is 8.60. The van der Waals surface area contributed by atoms with Crippen molar-refractivity contribution in [3.63, 3.8) is 0 Å². The molecule has 26 heavy (non-hydrogen) atoms.